The first-order chi connectivity index (χ1) is 34.9. The first-order valence-corrected chi connectivity index (χ1v) is 26.5. The summed E-state index contributed by atoms with van der Waals surface area (Å²) >= 11 is 0. The third-order valence-corrected chi connectivity index (χ3v) is 18.7. The zero-order valence-corrected chi connectivity index (χ0v) is 42.9. The second kappa shape index (κ2) is 23.1. The van der Waals surface area contributed by atoms with Crippen LogP contribution in [0.2, 0.25) is 0 Å². The van der Waals surface area contributed by atoms with Gasteiger partial charge in [0, 0.05) is 30.1 Å². The van der Waals surface area contributed by atoms with Crippen LogP contribution in [0, 0.1) is 46.3 Å². The molecule has 0 aromatic carbocycles. The van der Waals surface area contributed by atoms with E-state index in [0.717, 1.165) is 5.57 Å². The van der Waals surface area contributed by atoms with Crippen LogP contribution in [-0.4, -0.2) is 233 Å². The number of fused-ring (bicyclic) bond motifs is 5. The maximum atomic E-state index is 14.2. The van der Waals surface area contributed by atoms with E-state index in [2.05, 4.69) is 13.0 Å². The molecule has 8 rings (SSSR count). The summed E-state index contributed by atoms with van der Waals surface area (Å²) in [5.41, 5.74) is -0.210. The number of aliphatic hydroxyl groups is 13. The van der Waals surface area contributed by atoms with Crippen molar-refractivity contribution in [2.24, 2.45) is 46.3 Å². The van der Waals surface area contributed by atoms with Gasteiger partial charge in [0.25, 0.3) is 0 Å². The molecular weight excluding hydrogens is 981 g/mol. The van der Waals surface area contributed by atoms with Gasteiger partial charge in [-0.05, 0) is 81.5 Å². The number of hydrogen-bond acceptors (Lipinski definition) is 23. The van der Waals surface area contributed by atoms with Crippen molar-refractivity contribution in [1.29, 1.82) is 0 Å². The highest BCUT2D eigenvalue weighted by atomic mass is 16.8. The number of rotatable bonds is 16. The topological polar surface area (TPSA) is 371 Å². The van der Waals surface area contributed by atoms with Gasteiger partial charge in [0.2, 0.25) is 0 Å². The van der Waals surface area contributed by atoms with E-state index in [0.29, 0.717) is 38.5 Å². The van der Waals surface area contributed by atoms with E-state index in [4.69, 9.17) is 37.9 Å². The molecule has 0 radical (unpaired) electrons. The Morgan fingerprint density at radius 1 is 0.676 bits per heavy atom. The van der Waals surface area contributed by atoms with Crippen LogP contribution in [0.5, 0.6) is 0 Å². The molecule has 0 bridgehead atoms. The number of aliphatic hydroxyl groups excluding tert-OH is 13. The highest BCUT2D eigenvalue weighted by Gasteiger charge is 2.66. The van der Waals surface area contributed by atoms with E-state index < -0.39 is 171 Å². The molecule has 7 fully saturated rings. The summed E-state index contributed by atoms with van der Waals surface area (Å²) in [6.07, 6.45) is -25.8. The minimum atomic E-state index is -1.79. The standard InChI is InChI=1S/C51H82O23/c1-19(18-67-46-40(63)39(62)36(59)30(16-52)71-46)7-10-28(54)20(2)33-29(55)14-27-25-9-8-23-13-24(11-12-50(23,5)26(25)15-32(56)51(27,33)6)70-49-45(74-48-42(65)38(61)35(58)22(4)69-48)43(66)44(31(17-53)72-49)73-47-41(64)37(60)34(57)21(3)68-47/h8,19-22,24-27,30-49,52-53,56-66H,7,9-18H2,1-6H3/t19-,20-,21+,22+,24+,25-,26+,27+,30-,31-,32+,33+,34+,35+,36-,37-,38-,39+,40-,41-,42-,43+,44-,45-,46-,47+,48+,49-,50+,51-/m1/s1. The first kappa shape index (κ1) is 58.4. The van der Waals surface area contributed by atoms with Crippen LogP contribution >= 0.6 is 0 Å². The molecule has 23 nitrogen and oxygen atoms in total. The van der Waals surface area contributed by atoms with Gasteiger partial charge in [0.15, 0.2) is 25.2 Å². The highest BCUT2D eigenvalue weighted by Crippen LogP contribution is 2.66. The molecule has 4 saturated heterocycles. The fourth-order valence-electron chi connectivity index (χ4n) is 13.9. The van der Waals surface area contributed by atoms with Crippen LogP contribution in [-0.2, 0) is 47.5 Å². The van der Waals surface area contributed by atoms with E-state index in [9.17, 15) is 76.0 Å². The SMILES string of the molecule is C[C@H](CCC(=O)[C@@H](C)[C@H]1C(=O)C[C@H]2[C@@H]3CC=C4C[C@@H](O[C@@H]5O[C@H](CO)[C@@H](O[C@@H]6O[C@@H](C)[C@H](O)[C@@H](O)[C@H]6O)[C@H](O)[C@H]5O[C@@H]5O[C@@H](C)[C@H](O)[C@@H](O)[C@H]5O)CC[C@]4(C)[C@H]3C[C@H](O)[C@]12C)CO[C@@H]1O[C@H](CO)[C@@H](O)[C@H](O)[C@H]1O. The normalized spacial score (nSPS) is 51.6. The molecule has 30 atom stereocenters. The van der Waals surface area contributed by atoms with Gasteiger partial charge in [-0.25, -0.2) is 0 Å². The van der Waals surface area contributed by atoms with Crippen LogP contribution in [0.15, 0.2) is 11.6 Å². The largest absolute Gasteiger partial charge is 0.394 e. The molecule has 424 valence electrons. The average Bonchev–Trinajstić information content (AvgIpc) is 3.66. The molecule has 8 aliphatic rings. The molecule has 0 amide bonds. The third kappa shape index (κ3) is 10.7. The summed E-state index contributed by atoms with van der Waals surface area (Å²) < 4.78 is 47.5. The lowest BCUT2D eigenvalue weighted by Crippen LogP contribution is -2.66. The van der Waals surface area contributed by atoms with Crippen molar-refractivity contribution in [3.63, 3.8) is 0 Å². The van der Waals surface area contributed by atoms with Crippen LogP contribution in [0.4, 0.5) is 0 Å². The smallest absolute Gasteiger partial charge is 0.187 e. The monoisotopic (exact) mass is 1060 g/mol. The van der Waals surface area contributed by atoms with Crippen molar-refractivity contribution in [3.05, 3.63) is 11.6 Å². The van der Waals surface area contributed by atoms with Gasteiger partial charge in [-0.2, -0.15) is 0 Å². The number of hydrogen-bond donors (Lipinski definition) is 13. The number of carbonyl (C=O) groups excluding carboxylic acids is 2. The average molecular weight is 1060 g/mol. The minimum Gasteiger partial charge on any atom is -0.394 e. The Morgan fingerprint density at radius 3 is 1.85 bits per heavy atom. The van der Waals surface area contributed by atoms with E-state index in [1.807, 2.05) is 13.8 Å². The highest BCUT2D eigenvalue weighted by molar-refractivity contribution is 5.92. The van der Waals surface area contributed by atoms with E-state index in [1.54, 1.807) is 6.92 Å². The quantitative estimate of drug-likeness (QED) is 0.0687. The zero-order valence-electron chi connectivity index (χ0n) is 42.9. The number of ether oxygens (including phenoxy) is 8. The number of Topliss-reactive ketones (excluding diaryl/α,β-unsaturated/α-hetero) is 2. The lowest BCUT2D eigenvalue weighted by atomic mass is 9.46. The molecule has 0 aromatic rings. The maximum Gasteiger partial charge on any atom is 0.187 e. The first-order valence-electron chi connectivity index (χ1n) is 26.5. The molecule has 4 aliphatic carbocycles. The van der Waals surface area contributed by atoms with E-state index in [-0.39, 0.29) is 54.7 Å². The Kier molecular flexibility index (Phi) is 18.3. The third-order valence-electron chi connectivity index (χ3n) is 18.7. The van der Waals surface area contributed by atoms with Gasteiger partial charge in [0.05, 0.1) is 44.2 Å². The van der Waals surface area contributed by atoms with Crippen molar-refractivity contribution in [2.45, 2.75) is 228 Å². The second-order valence-electron chi connectivity index (χ2n) is 23.2. The van der Waals surface area contributed by atoms with Gasteiger partial charge in [0.1, 0.15) is 97.0 Å². The fourth-order valence-corrected chi connectivity index (χ4v) is 13.9. The predicted octanol–water partition coefficient (Wildman–Crippen LogP) is -2.96. The van der Waals surface area contributed by atoms with E-state index in [1.165, 1.54) is 13.8 Å². The molecular formula is C51H82O23. The summed E-state index contributed by atoms with van der Waals surface area (Å²) in [7, 11) is 0. The molecule has 0 spiro atoms. The van der Waals surface area contributed by atoms with Gasteiger partial charge in [-0.3, -0.25) is 9.59 Å². The van der Waals surface area contributed by atoms with Crippen LogP contribution in [0.3, 0.4) is 0 Å². The molecule has 0 aromatic heterocycles. The number of allylic oxidation sites excluding steroid dienone is 1. The predicted molar refractivity (Wildman–Crippen MR) is 250 cm³/mol. The zero-order chi connectivity index (χ0) is 54.0. The van der Waals surface area contributed by atoms with Crippen LogP contribution in [0.1, 0.15) is 92.9 Å². The summed E-state index contributed by atoms with van der Waals surface area (Å²) in [5.74, 6) is -1.94. The van der Waals surface area contributed by atoms with Crippen LogP contribution in [0.25, 0.3) is 0 Å². The molecule has 23 heteroatoms. The van der Waals surface area contributed by atoms with Crippen molar-refractivity contribution in [1.82, 2.24) is 0 Å². The Balaban J connectivity index is 0.930. The fraction of sp³-hybridized carbons (Fsp3) is 0.922. The Labute approximate surface area is 430 Å². The van der Waals surface area contributed by atoms with Gasteiger partial charge < -0.3 is 104 Å². The van der Waals surface area contributed by atoms with Crippen LogP contribution < -0.4 is 0 Å². The lowest BCUT2D eigenvalue weighted by molar-refractivity contribution is -0.388. The van der Waals surface area contributed by atoms with Gasteiger partial charge in [-0.15, -0.1) is 0 Å². The number of ketones is 2. The summed E-state index contributed by atoms with van der Waals surface area (Å²) in [6.45, 7) is 9.35. The molecule has 4 aliphatic heterocycles. The Bertz CT molecular complexity index is 1960. The van der Waals surface area contributed by atoms with E-state index >= 15 is 0 Å². The minimum absolute atomic E-state index is 0.0208. The number of carbonyl (C=O) groups is 2. The molecule has 3 saturated carbocycles. The summed E-state index contributed by atoms with van der Waals surface area (Å²) in [4.78, 5) is 28.1. The van der Waals surface area contributed by atoms with Crippen molar-refractivity contribution in [2.75, 3.05) is 19.8 Å². The van der Waals surface area contributed by atoms with Crippen molar-refractivity contribution >= 4 is 11.6 Å². The lowest BCUT2D eigenvalue weighted by Gasteiger charge is -2.59. The van der Waals surface area contributed by atoms with Crippen molar-refractivity contribution in [3.8, 4) is 0 Å². The van der Waals surface area contributed by atoms with Gasteiger partial charge in [-0.1, -0.05) is 39.3 Å². The van der Waals surface area contributed by atoms with Crippen molar-refractivity contribution < 1.29 is 114 Å². The Hall–Kier alpha value is -1.76. The maximum absolute atomic E-state index is 14.2. The Morgan fingerprint density at radius 2 is 1.24 bits per heavy atom. The molecule has 13 N–H and O–H groups in total. The molecule has 0 unspecified atom stereocenters. The molecule has 74 heavy (non-hydrogen) atoms. The second-order valence-corrected chi connectivity index (χ2v) is 23.2. The molecule has 4 heterocycles. The summed E-state index contributed by atoms with van der Waals surface area (Å²) in [6, 6.07) is 0. The van der Waals surface area contributed by atoms with Gasteiger partial charge >= 0.3 is 0 Å². The summed E-state index contributed by atoms with van der Waals surface area (Å²) in [5, 5.41) is 138.